The van der Waals surface area contributed by atoms with Crippen molar-refractivity contribution in [3.8, 4) is 28.4 Å². The van der Waals surface area contributed by atoms with Crippen LogP contribution in [-0.4, -0.2) is 23.8 Å². The van der Waals surface area contributed by atoms with E-state index in [-0.39, 0.29) is 5.91 Å². The highest BCUT2D eigenvalue weighted by molar-refractivity contribution is 6.32. The molecule has 0 fully saturated rings. The van der Waals surface area contributed by atoms with E-state index in [0.717, 1.165) is 28.2 Å². The molecule has 5 rings (SSSR count). The first kappa shape index (κ1) is 28.0. The molecule has 4 aromatic carbocycles. The van der Waals surface area contributed by atoms with Gasteiger partial charge >= 0.3 is 0 Å². The molecule has 1 aromatic heterocycles. The zero-order chi connectivity index (χ0) is 28.8. The number of hydrogen-bond acceptors (Lipinski definition) is 4. The molecule has 6 nitrogen and oxygen atoms in total. The lowest BCUT2D eigenvalue weighted by Gasteiger charge is -2.13. The predicted molar refractivity (Wildman–Crippen MR) is 165 cm³/mol. The van der Waals surface area contributed by atoms with E-state index in [4.69, 9.17) is 32.7 Å². The van der Waals surface area contributed by atoms with Gasteiger partial charge in [0.15, 0.2) is 11.5 Å². The zero-order valence-electron chi connectivity index (χ0n) is 22.5. The summed E-state index contributed by atoms with van der Waals surface area (Å²) in [5, 5.41) is 5.12. The lowest BCUT2D eigenvalue weighted by molar-refractivity contribution is 0.0955. The van der Waals surface area contributed by atoms with Gasteiger partial charge in [0.2, 0.25) is 0 Å². The quantitative estimate of drug-likeness (QED) is 0.141. The molecule has 41 heavy (non-hydrogen) atoms. The minimum Gasteiger partial charge on any atom is -0.493 e. The molecule has 1 N–H and O–H groups in total. The number of ether oxygens (including phenoxy) is 2. The van der Waals surface area contributed by atoms with Gasteiger partial charge in [0.05, 0.1) is 24.0 Å². The number of hydrogen-bond donors (Lipinski definition) is 1. The van der Waals surface area contributed by atoms with Gasteiger partial charge in [-0.15, -0.1) is 0 Å². The number of methoxy groups -OCH3 is 1. The third-order valence-electron chi connectivity index (χ3n) is 6.46. The largest absolute Gasteiger partial charge is 0.493 e. The Labute approximate surface area is 248 Å². The Kier molecular flexibility index (Phi) is 8.73. The number of carbonyl (C=O) groups is 1. The number of carbonyl (C=O) groups excluding carboxylic acids is 1. The number of aromatic nitrogens is 1. The minimum absolute atomic E-state index is 0.299. The van der Waals surface area contributed by atoms with E-state index in [0.29, 0.717) is 39.3 Å². The van der Waals surface area contributed by atoms with Crippen LogP contribution in [-0.2, 0) is 6.61 Å². The average molecular weight is 585 g/mol. The van der Waals surface area contributed by atoms with Crippen molar-refractivity contribution in [1.29, 1.82) is 0 Å². The third kappa shape index (κ3) is 6.62. The summed E-state index contributed by atoms with van der Waals surface area (Å²) in [4.78, 5) is 12.8. The summed E-state index contributed by atoms with van der Waals surface area (Å²) in [6.45, 7) is 2.36. The Morgan fingerprint density at radius 2 is 1.66 bits per heavy atom. The smallest absolute Gasteiger partial charge is 0.271 e. The first-order chi connectivity index (χ1) is 19.9. The van der Waals surface area contributed by atoms with Crippen molar-refractivity contribution in [1.82, 2.24) is 9.99 Å². The average Bonchev–Trinajstić information content (AvgIpc) is 3.38. The Morgan fingerprint density at radius 3 is 2.37 bits per heavy atom. The van der Waals surface area contributed by atoms with Gasteiger partial charge in [-0.1, -0.05) is 65.7 Å². The normalized spacial score (nSPS) is 11.0. The van der Waals surface area contributed by atoms with E-state index in [9.17, 15) is 4.79 Å². The molecule has 0 radical (unpaired) electrons. The number of nitrogens with zero attached hydrogens (tertiary/aromatic N) is 2. The molecule has 0 aliphatic carbocycles. The van der Waals surface area contributed by atoms with Gasteiger partial charge in [-0.25, -0.2) is 5.43 Å². The highest BCUT2D eigenvalue weighted by Crippen LogP contribution is 2.36. The Hall–Kier alpha value is -4.52. The molecular formula is C33H27Cl2N3O3. The fourth-order valence-corrected chi connectivity index (χ4v) is 4.80. The number of nitrogens with one attached hydrogen (secondary N) is 1. The second kappa shape index (κ2) is 12.8. The first-order valence-corrected chi connectivity index (χ1v) is 13.6. The Balaban J connectivity index is 1.25. The molecule has 0 aliphatic rings. The molecule has 0 unspecified atom stereocenters. The number of benzene rings is 4. The molecule has 0 bridgehead atoms. The van der Waals surface area contributed by atoms with E-state index in [1.165, 1.54) is 13.3 Å². The van der Waals surface area contributed by atoms with Crippen molar-refractivity contribution < 1.29 is 14.3 Å². The maximum atomic E-state index is 12.8. The molecule has 1 heterocycles. The lowest BCUT2D eigenvalue weighted by atomic mass is 10.1. The van der Waals surface area contributed by atoms with Crippen LogP contribution in [0.1, 0.15) is 27.2 Å². The van der Waals surface area contributed by atoms with Gasteiger partial charge in [0.1, 0.15) is 6.61 Å². The van der Waals surface area contributed by atoms with Crippen LogP contribution in [0.25, 0.3) is 16.9 Å². The molecule has 0 spiro atoms. The Morgan fingerprint density at radius 1 is 0.927 bits per heavy atom. The van der Waals surface area contributed by atoms with Crippen molar-refractivity contribution in [3.05, 3.63) is 136 Å². The molecule has 0 saturated heterocycles. The summed E-state index contributed by atoms with van der Waals surface area (Å²) in [5.41, 5.74) is 8.90. The van der Waals surface area contributed by atoms with Crippen molar-refractivity contribution in [2.75, 3.05) is 7.11 Å². The highest BCUT2D eigenvalue weighted by Gasteiger charge is 2.13. The molecule has 5 aromatic rings. The molecular weight excluding hydrogens is 557 g/mol. The molecule has 1 amide bonds. The van der Waals surface area contributed by atoms with Crippen LogP contribution in [0.3, 0.4) is 0 Å². The summed E-state index contributed by atoms with van der Waals surface area (Å²) in [6.07, 6.45) is 1.50. The second-order valence-corrected chi connectivity index (χ2v) is 10.1. The van der Waals surface area contributed by atoms with Crippen LogP contribution in [0.4, 0.5) is 0 Å². The lowest BCUT2D eigenvalue weighted by Crippen LogP contribution is -2.17. The predicted octanol–water partition coefficient (Wildman–Crippen LogP) is 8.11. The van der Waals surface area contributed by atoms with E-state index in [1.807, 2.05) is 42.5 Å². The summed E-state index contributed by atoms with van der Waals surface area (Å²) in [5.74, 6) is 0.532. The van der Waals surface area contributed by atoms with Crippen molar-refractivity contribution in [2.24, 2.45) is 5.10 Å². The molecule has 206 valence electrons. The van der Waals surface area contributed by atoms with Gasteiger partial charge in [0, 0.05) is 22.0 Å². The van der Waals surface area contributed by atoms with E-state index in [1.54, 1.807) is 36.4 Å². The third-order valence-corrected chi connectivity index (χ3v) is 6.99. The number of amides is 1. The van der Waals surface area contributed by atoms with E-state index < -0.39 is 0 Å². The van der Waals surface area contributed by atoms with Crippen LogP contribution in [0.5, 0.6) is 11.5 Å². The summed E-state index contributed by atoms with van der Waals surface area (Å²) in [6, 6.07) is 32.6. The number of halogens is 2. The van der Waals surface area contributed by atoms with Gasteiger partial charge in [-0.3, -0.25) is 4.79 Å². The summed E-state index contributed by atoms with van der Waals surface area (Å²) >= 11 is 12.4. The van der Waals surface area contributed by atoms with Crippen molar-refractivity contribution >= 4 is 35.3 Å². The fraction of sp³-hybridized carbons (Fsp3) is 0.0909. The molecule has 0 atom stereocenters. The van der Waals surface area contributed by atoms with Gasteiger partial charge in [-0.05, 0) is 84.3 Å². The summed E-state index contributed by atoms with van der Waals surface area (Å²) < 4.78 is 13.5. The maximum absolute atomic E-state index is 12.8. The summed E-state index contributed by atoms with van der Waals surface area (Å²) in [7, 11) is 1.53. The van der Waals surface area contributed by atoms with Crippen LogP contribution >= 0.6 is 23.2 Å². The van der Waals surface area contributed by atoms with Gasteiger partial charge < -0.3 is 14.0 Å². The van der Waals surface area contributed by atoms with Gasteiger partial charge in [0.25, 0.3) is 5.91 Å². The van der Waals surface area contributed by atoms with Crippen LogP contribution < -0.4 is 14.9 Å². The molecule has 8 heteroatoms. The minimum atomic E-state index is -0.332. The highest BCUT2D eigenvalue weighted by atomic mass is 35.5. The van der Waals surface area contributed by atoms with Crippen molar-refractivity contribution in [2.45, 2.75) is 13.5 Å². The number of rotatable bonds is 9. The number of aryl methyl sites for hydroxylation is 1. The van der Waals surface area contributed by atoms with E-state index in [2.05, 4.69) is 46.3 Å². The molecule has 0 aliphatic heterocycles. The van der Waals surface area contributed by atoms with E-state index >= 15 is 0 Å². The maximum Gasteiger partial charge on any atom is 0.271 e. The standard InChI is InChI=1S/C33H27Cl2N3O3/c1-22-8-17-30(25-6-4-3-5-7-25)38(22)28-15-11-26(12-16-28)33(39)37-36-20-24-18-29(35)32(31(19-24)40-2)41-21-23-9-13-27(34)14-10-23/h3-20H,21H2,1-2H3,(H,37,39)/b36-20+. The monoisotopic (exact) mass is 583 g/mol. The van der Waals surface area contributed by atoms with Crippen molar-refractivity contribution in [3.63, 3.8) is 0 Å². The zero-order valence-corrected chi connectivity index (χ0v) is 24.0. The van der Waals surface area contributed by atoms with Gasteiger partial charge in [-0.2, -0.15) is 5.10 Å². The Bertz CT molecular complexity index is 1680. The number of hydrazone groups is 1. The topological polar surface area (TPSA) is 64.8 Å². The molecule has 0 saturated carbocycles. The second-order valence-electron chi connectivity index (χ2n) is 9.26. The SMILES string of the molecule is COc1cc(/C=N/NC(=O)c2ccc(-n3c(C)ccc3-c3ccccc3)cc2)cc(Cl)c1OCc1ccc(Cl)cc1. The first-order valence-electron chi connectivity index (χ1n) is 12.9. The fourth-order valence-electron chi connectivity index (χ4n) is 4.40. The van der Waals surface area contributed by atoms with Crippen LogP contribution in [0.2, 0.25) is 10.0 Å². The van der Waals surface area contributed by atoms with Crippen LogP contribution in [0.15, 0.2) is 108 Å². The van der Waals surface area contributed by atoms with Crippen LogP contribution in [0, 0.1) is 6.92 Å².